The van der Waals surface area contributed by atoms with Gasteiger partial charge in [0, 0.05) is 5.54 Å². The first kappa shape index (κ1) is 15.6. The second kappa shape index (κ2) is 5.68. The van der Waals surface area contributed by atoms with Gasteiger partial charge in [0.15, 0.2) is 0 Å². The Kier molecular flexibility index (Phi) is 4.66. The van der Waals surface area contributed by atoms with E-state index >= 15 is 0 Å². The number of aryl methyl sites for hydroxylation is 1. The van der Waals surface area contributed by atoms with E-state index in [2.05, 4.69) is 31.4 Å². The normalized spacial score (nSPS) is 12.3. The molecule has 0 unspecified atom stereocenters. The third kappa shape index (κ3) is 6.32. The van der Waals surface area contributed by atoms with E-state index < -0.39 is 0 Å². The molecular weight excluding hydrogens is 240 g/mol. The van der Waals surface area contributed by atoms with Gasteiger partial charge < -0.3 is 15.1 Å². The van der Waals surface area contributed by atoms with E-state index in [-0.39, 0.29) is 17.0 Å². The number of rotatable bonds is 4. The lowest BCUT2D eigenvalue weighted by Crippen LogP contribution is -2.49. The van der Waals surface area contributed by atoms with E-state index in [1.165, 1.54) is 0 Å². The number of nitrogens with one attached hydrogen (secondary N) is 2. The van der Waals surface area contributed by atoms with Crippen LogP contribution in [0.2, 0.25) is 0 Å². The Bertz CT molecular complexity index is 428. The Morgan fingerprint density at radius 1 is 1.21 bits per heavy atom. The third-order valence-electron chi connectivity index (χ3n) is 2.64. The van der Waals surface area contributed by atoms with Crippen LogP contribution < -0.4 is 10.6 Å². The van der Waals surface area contributed by atoms with Gasteiger partial charge in [0.05, 0.1) is 6.54 Å². The fourth-order valence-corrected chi connectivity index (χ4v) is 2.47. The summed E-state index contributed by atoms with van der Waals surface area (Å²) in [5.74, 6) is 1.62. The zero-order valence-electron chi connectivity index (χ0n) is 12.9. The average molecular weight is 266 g/mol. The molecule has 19 heavy (non-hydrogen) atoms. The van der Waals surface area contributed by atoms with E-state index in [4.69, 9.17) is 4.42 Å². The van der Waals surface area contributed by atoms with Gasteiger partial charge in [-0.15, -0.1) is 0 Å². The highest BCUT2D eigenvalue weighted by Gasteiger charge is 2.26. The maximum Gasteiger partial charge on any atom is 0.315 e. The molecular formula is C15H26N2O2. The Labute approximate surface area is 116 Å². The van der Waals surface area contributed by atoms with E-state index in [9.17, 15) is 4.79 Å². The van der Waals surface area contributed by atoms with Gasteiger partial charge in [-0.1, -0.05) is 20.8 Å². The Morgan fingerprint density at radius 3 is 2.32 bits per heavy atom. The molecule has 0 aliphatic heterocycles. The number of urea groups is 1. The van der Waals surface area contributed by atoms with Crippen molar-refractivity contribution < 1.29 is 9.21 Å². The molecule has 1 aromatic rings. The molecule has 4 heteroatoms. The molecule has 0 radical (unpaired) electrons. The fourth-order valence-electron chi connectivity index (χ4n) is 2.47. The van der Waals surface area contributed by atoms with Gasteiger partial charge in [0.2, 0.25) is 0 Å². The van der Waals surface area contributed by atoms with Crippen LogP contribution in [-0.4, -0.2) is 11.6 Å². The van der Waals surface area contributed by atoms with Crippen LogP contribution in [0.5, 0.6) is 0 Å². The summed E-state index contributed by atoms with van der Waals surface area (Å²) >= 11 is 0. The Hall–Kier alpha value is -1.45. The van der Waals surface area contributed by atoms with Crippen LogP contribution in [0.3, 0.4) is 0 Å². The van der Waals surface area contributed by atoms with Crippen molar-refractivity contribution in [2.45, 2.75) is 60.0 Å². The van der Waals surface area contributed by atoms with Crippen molar-refractivity contribution >= 4 is 6.03 Å². The minimum Gasteiger partial charge on any atom is -0.465 e. The third-order valence-corrected chi connectivity index (χ3v) is 2.64. The summed E-state index contributed by atoms with van der Waals surface area (Å²) in [6.45, 7) is 12.9. The van der Waals surface area contributed by atoms with E-state index in [1.807, 2.05) is 32.9 Å². The first-order valence-electron chi connectivity index (χ1n) is 6.69. The maximum absolute atomic E-state index is 11.9. The van der Waals surface area contributed by atoms with Crippen molar-refractivity contribution in [1.29, 1.82) is 0 Å². The quantitative estimate of drug-likeness (QED) is 0.874. The standard InChI is InChI=1S/C15H26N2O2/c1-11-7-8-12(19-11)9-16-13(18)17-15(5,6)10-14(2,3)4/h7-8H,9-10H2,1-6H3,(H2,16,17,18). The predicted octanol–water partition coefficient (Wildman–Crippen LogP) is 3.60. The molecule has 108 valence electrons. The highest BCUT2D eigenvalue weighted by molar-refractivity contribution is 5.74. The van der Waals surface area contributed by atoms with Crippen LogP contribution in [0, 0.1) is 12.3 Å². The molecule has 1 rings (SSSR count). The molecule has 4 nitrogen and oxygen atoms in total. The molecule has 0 atom stereocenters. The first-order valence-corrected chi connectivity index (χ1v) is 6.69. The molecule has 0 aliphatic carbocycles. The number of furan rings is 1. The predicted molar refractivity (Wildman–Crippen MR) is 77.0 cm³/mol. The van der Waals surface area contributed by atoms with Crippen molar-refractivity contribution in [3.63, 3.8) is 0 Å². The van der Waals surface area contributed by atoms with Crippen molar-refractivity contribution in [3.05, 3.63) is 23.7 Å². The van der Waals surface area contributed by atoms with Crippen molar-refractivity contribution in [1.82, 2.24) is 10.6 Å². The van der Waals surface area contributed by atoms with E-state index in [0.29, 0.717) is 6.54 Å². The van der Waals surface area contributed by atoms with Crippen molar-refractivity contribution in [2.24, 2.45) is 5.41 Å². The summed E-state index contributed by atoms with van der Waals surface area (Å²) in [6.07, 6.45) is 0.910. The molecule has 2 amide bonds. The van der Waals surface area contributed by atoms with E-state index in [1.54, 1.807) is 0 Å². The molecule has 0 saturated carbocycles. The lowest BCUT2D eigenvalue weighted by molar-refractivity contribution is 0.209. The molecule has 0 aliphatic rings. The van der Waals surface area contributed by atoms with Crippen LogP contribution in [0.4, 0.5) is 4.79 Å². The monoisotopic (exact) mass is 266 g/mol. The first-order chi connectivity index (χ1) is 8.57. The summed E-state index contributed by atoms with van der Waals surface area (Å²) in [5.41, 5.74) is -0.0592. The van der Waals surface area contributed by atoms with Crippen LogP contribution >= 0.6 is 0 Å². The smallest absolute Gasteiger partial charge is 0.315 e. The molecule has 1 aromatic heterocycles. The highest BCUT2D eigenvalue weighted by atomic mass is 16.3. The molecule has 0 saturated heterocycles. The summed E-state index contributed by atoms with van der Waals surface area (Å²) in [6, 6.07) is 3.59. The summed E-state index contributed by atoms with van der Waals surface area (Å²) in [7, 11) is 0. The number of carbonyl (C=O) groups excluding carboxylic acids is 1. The Morgan fingerprint density at radius 2 is 1.84 bits per heavy atom. The van der Waals surface area contributed by atoms with Gasteiger partial charge >= 0.3 is 6.03 Å². The van der Waals surface area contributed by atoms with Crippen molar-refractivity contribution in [3.8, 4) is 0 Å². The molecule has 2 N–H and O–H groups in total. The SMILES string of the molecule is Cc1ccc(CNC(=O)NC(C)(C)CC(C)(C)C)o1. The van der Waals surface area contributed by atoms with Crippen LogP contribution in [0.1, 0.15) is 52.6 Å². The molecule has 1 heterocycles. The van der Waals surface area contributed by atoms with Gasteiger partial charge in [-0.25, -0.2) is 4.79 Å². The molecule has 0 spiro atoms. The molecule has 0 aromatic carbocycles. The van der Waals surface area contributed by atoms with E-state index in [0.717, 1.165) is 17.9 Å². The summed E-state index contributed by atoms with van der Waals surface area (Å²) in [4.78, 5) is 11.9. The number of amides is 2. The average Bonchev–Trinajstić information content (AvgIpc) is 2.56. The lowest BCUT2D eigenvalue weighted by Gasteiger charge is -2.33. The second-order valence-electron chi connectivity index (χ2n) is 6.94. The minimum atomic E-state index is -0.235. The van der Waals surface area contributed by atoms with Gasteiger partial charge in [-0.2, -0.15) is 0 Å². The van der Waals surface area contributed by atoms with Gasteiger partial charge in [-0.3, -0.25) is 0 Å². The summed E-state index contributed by atoms with van der Waals surface area (Å²) < 4.78 is 5.40. The zero-order valence-corrected chi connectivity index (χ0v) is 12.9. The van der Waals surface area contributed by atoms with Crippen molar-refractivity contribution in [2.75, 3.05) is 0 Å². The molecule has 0 fully saturated rings. The maximum atomic E-state index is 11.9. The number of hydrogen-bond donors (Lipinski definition) is 2. The zero-order chi connectivity index (χ0) is 14.7. The van der Waals surface area contributed by atoms with Gasteiger partial charge in [0.1, 0.15) is 11.5 Å². The number of hydrogen-bond acceptors (Lipinski definition) is 2. The Balaban J connectivity index is 2.42. The fraction of sp³-hybridized carbons (Fsp3) is 0.667. The molecule has 0 bridgehead atoms. The number of carbonyl (C=O) groups is 1. The summed E-state index contributed by atoms with van der Waals surface area (Å²) in [5, 5.41) is 5.81. The van der Waals surface area contributed by atoms with Crippen LogP contribution in [0.25, 0.3) is 0 Å². The van der Waals surface area contributed by atoms with Gasteiger partial charge in [0.25, 0.3) is 0 Å². The van der Waals surface area contributed by atoms with Crippen LogP contribution in [-0.2, 0) is 6.54 Å². The second-order valence-corrected chi connectivity index (χ2v) is 6.94. The largest absolute Gasteiger partial charge is 0.465 e. The highest BCUT2D eigenvalue weighted by Crippen LogP contribution is 2.26. The lowest BCUT2D eigenvalue weighted by atomic mass is 9.82. The van der Waals surface area contributed by atoms with Crippen LogP contribution in [0.15, 0.2) is 16.5 Å². The topological polar surface area (TPSA) is 54.3 Å². The minimum absolute atomic E-state index is 0.164. The van der Waals surface area contributed by atoms with Gasteiger partial charge in [-0.05, 0) is 44.7 Å².